The maximum Gasteiger partial charge on any atom is 0.304 e. The number of nitrogens with zero attached hydrogens (tertiary/aromatic N) is 2. The molecule has 0 aromatic carbocycles. The molecular formula is C15H24N2O4. The Morgan fingerprint density at radius 1 is 1.33 bits per heavy atom. The molecule has 0 saturated carbocycles. The summed E-state index contributed by atoms with van der Waals surface area (Å²) >= 11 is 0. The van der Waals surface area contributed by atoms with Crippen molar-refractivity contribution in [3.63, 3.8) is 0 Å². The van der Waals surface area contributed by atoms with E-state index in [1.165, 1.54) is 4.90 Å². The maximum atomic E-state index is 12.6. The molecule has 0 aromatic heterocycles. The van der Waals surface area contributed by atoms with E-state index in [0.29, 0.717) is 6.54 Å². The molecule has 2 amide bonds. The van der Waals surface area contributed by atoms with Gasteiger partial charge in [-0.25, -0.2) is 0 Å². The summed E-state index contributed by atoms with van der Waals surface area (Å²) in [5, 5.41) is 8.98. The lowest BCUT2D eigenvalue weighted by atomic mass is 10.1. The summed E-state index contributed by atoms with van der Waals surface area (Å²) in [5.74, 6) is -1.09. The lowest BCUT2D eigenvalue weighted by molar-refractivity contribution is -0.144. The van der Waals surface area contributed by atoms with Crippen LogP contribution in [0.5, 0.6) is 0 Å². The molecule has 0 spiro atoms. The first-order valence-corrected chi connectivity index (χ1v) is 7.83. The molecule has 0 aliphatic carbocycles. The second-order valence-corrected chi connectivity index (χ2v) is 5.92. The molecule has 2 unspecified atom stereocenters. The topological polar surface area (TPSA) is 77.9 Å². The summed E-state index contributed by atoms with van der Waals surface area (Å²) in [7, 11) is 0. The molecule has 21 heavy (non-hydrogen) atoms. The Morgan fingerprint density at radius 2 is 2.00 bits per heavy atom. The summed E-state index contributed by atoms with van der Waals surface area (Å²) < 4.78 is 0. The fraction of sp³-hybridized carbons (Fsp3) is 0.800. The fourth-order valence-corrected chi connectivity index (χ4v) is 3.62. The van der Waals surface area contributed by atoms with E-state index in [4.69, 9.17) is 5.11 Å². The lowest BCUT2D eigenvalue weighted by Crippen LogP contribution is -2.47. The Balaban J connectivity index is 2.12. The monoisotopic (exact) mass is 296 g/mol. The summed E-state index contributed by atoms with van der Waals surface area (Å²) in [5.41, 5.74) is 0. The van der Waals surface area contributed by atoms with Crippen LogP contribution < -0.4 is 0 Å². The highest BCUT2D eigenvalue weighted by atomic mass is 16.4. The molecule has 2 saturated heterocycles. The van der Waals surface area contributed by atoms with E-state index in [9.17, 15) is 14.4 Å². The Bertz CT molecular complexity index is 433. The molecule has 2 heterocycles. The van der Waals surface area contributed by atoms with E-state index in [2.05, 4.69) is 0 Å². The molecule has 0 radical (unpaired) electrons. The van der Waals surface area contributed by atoms with Crippen molar-refractivity contribution in [3.05, 3.63) is 0 Å². The number of imide groups is 1. The van der Waals surface area contributed by atoms with Gasteiger partial charge >= 0.3 is 5.97 Å². The highest BCUT2D eigenvalue weighted by Gasteiger charge is 2.47. The Labute approximate surface area is 125 Å². The van der Waals surface area contributed by atoms with Crippen molar-refractivity contribution in [3.8, 4) is 0 Å². The minimum atomic E-state index is -0.847. The number of carbonyl (C=O) groups excluding carboxylic acids is 2. The van der Waals surface area contributed by atoms with Gasteiger partial charge in [-0.2, -0.15) is 0 Å². The standard InChI is InChI=1S/C15H24N2O4/c1-3-10(4-2)17-13(18)9-12(15(17)21)16-7-5-6-11(16)8-14(19)20/h10-12H,3-9H2,1-2H3,(H,19,20). The van der Waals surface area contributed by atoms with Gasteiger partial charge in [0, 0.05) is 12.1 Å². The van der Waals surface area contributed by atoms with Crippen LogP contribution >= 0.6 is 0 Å². The van der Waals surface area contributed by atoms with Crippen LogP contribution in [-0.2, 0) is 14.4 Å². The molecule has 2 rings (SSSR count). The van der Waals surface area contributed by atoms with Gasteiger partial charge in [-0.3, -0.25) is 24.2 Å². The van der Waals surface area contributed by atoms with E-state index in [1.807, 2.05) is 18.7 Å². The maximum absolute atomic E-state index is 12.6. The third kappa shape index (κ3) is 3.10. The molecule has 6 heteroatoms. The highest BCUT2D eigenvalue weighted by molar-refractivity contribution is 6.05. The van der Waals surface area contributed by atoms with Crippen molar-refractivity contribution in [2.45, 2.75) is 70.5 Å². The van der Waals surface area contributed by atoms with E-state index in [0.717, 1.165) is 25.7 Å². The van der Waals surface area contributed by atoms with Crippen LogP contribution in [0.3, 0.4) is 0 Å². The molecular weight excluding hydrogens is 272 g/mol. The SMILES string of the molecule is CCC(CC)N1C(=O)CC(N2CCCC2CC(=O)O)C1=O. The minimum absolute atomic E-state index is 0.0319. The van der Waals surface area contributed by atoms with Gasteiger partial charge in [0.25, 0.3) is 0 Å². The highest BCUT2D eigenvalue weighted by Crippen LogP contribution is 2.30. The zero-order chi connectivity index (χ0) is 15.6. The van der Waals surface area contributed by atoms with Gasteiger partial charge in [-0.05, 0) is 32.2 Å². The average molecular weight is 296 g/mol. The Kier molecular flexibility index (Phi) is 4.98. The van der Waals surface area contributed by atoms with E-state index in [1.54, 1.807) is 0 Å². The second-order valence-electron chi connectivity index (χ2n) is 5.92. The predicted octanol–water partition coefficient (Wildman–Crippen LogP) is 1.24. The number of hydrogen-bond donors (Lipinski definition) is 1. The number of likely N-dealkylation sites (tertiary alicyclic amines) is 2. The number of carbonyl (C=O) groups is 3. The summed E-state index contributed by atoms with van der Waals surface area (Å²) in [4.78, 5) is 39.1. The van der Waals surface area contributed by atoms with Crippen molar-refractivity contribution >= 4 is 17.8 Å². The van der Waals surface area contributed by atoms with Crippen LogP contribution in [0.15, 0.2) is 0 Å². The van der Waals surface area contributed by atoms with E-state index in [-0.39, 0.29) is 36.7 Å². The number of aliphatic carboxylic acids is 1. The molecule has 2 atom stereocenters. The van der Waals surface area contributed by atoms with Crippen molar-refractivity contribution < 1.29 is 19.5 Å². The quantitative estimate of drug-likeness (QED) is 0.746. The van der Waals surface area contributed by atoms with Crippen molar-refractivity contribution in [2.24, 2.45) is 0 Å². The zero-order valence-electron chi connectivity index (χ0n) is 12.7. The normalized spacial score (nSPS) is 27.1. The number of amides is 2. The van der Waals surface area contributed by atoms with Gasteiger partial charge in [0.1, 0.15) is 0 Å². The van der Waals surface area contributed by atoms with E-state index >= 15 is 0 Å². The summed E-state index contributed by atoms with van der Waals surface area (Å²) in [6.07, 6.45) is 3.45. The average Bonchev–Trinajstić information content (AvgIpc) is 2.98. The number of carboxylic acid groups (broad SMARTS) is 1. The first-order valence-electron chi connectivity index (χ1n) is 7.83. The van der Waals surface area contributed by atoms with Gasteiger partial charge in [-0.15, -0.1) is 0 Å². The predicted molar refractivity (Wildman–Crippen MR) is 76.6 cm³/mol. The van der Waals surface area contributed by atoms with Crippen LogP contribution in [0, 0.1) is 0 Å². The fourth-order valence-electron chi connectivity index (χ4n) is 3.62. The largest absolute Gasteiger partial charge is 0.481 e. The lowest BCUT2D eigenvalue weighted by Gasteiger charge is -2.29. The molecule has 2 aliphatic heterocycles. The van der Waals surface area contributed by atoms with Crippen molar-refractivity contribution in [2.75, 3.05) is 6.54 Å². The zero-order valence-corrected chi connectivity index (χ0v) is 12.7. The number of rotatable bonds is 6. The van der Waals surface area contributed by atoms with Crippen LogP contribution in [-0.4, -0.2) is 57.4 Å². The number of carboxylic acids is 1. The van der Waals surface area contributed by atoms with Crippen molar-refractivity contribution in [1.29, 1.82) is 0 Å². The molecule has 6 nitrogen and oxygen atoms in total. The molecule has 2 aliphatic rings. The molecule has 118 valence electrons. The Morgan fingerprint density at radius 3 is 2.57 bits per heavy atom. The summed E-state index contributed by atoms with van der Waals surface area (Å²) in [6, 6.07) is -0.605. The minimum Gasteiger partial charge on any atom is -0.481 e. The van der Waals surface area contributed by atoms with Gasteiger partial charge in [0.15, 0.2) is 0 Å². The van der Waals surface area contributed by atoms with Gasteiger partial charge in [0.05, 0.1) is 18.9 Å². The third-order valence-electron chi connectivity index (χ3n) is 4.70. The van der Waals surface area contributed by atoms with E-state index < -0.39 is 12.0 Å². The smallest absolute Gasteiger partial charge is 0.304 e. The Hall–Kier alpha value is -1.43. The number of hydrogen-bond acceptors (Lipinski definition) is 4. The van der Waals surface area contributed by atoms with Crippen LogP contribution in [0.4, 0.5) is 0 Å². The molecule has 0 aromatic rings. The van der Waals surface area contributed by atoms with Crippen LogP contribution in [0.1, 0.15) is 52.4 Å². The van der Waals surface area contributed by atoms with Crippen LogP contribution in [0.25, 0.3) is 0 Å². The van der Waals surface area contributed by atoms with Crippen molar-refractivity contribution in [1.82, 2.24) is 9.80 Å². The first kappa shape index (κ1) is 15.9. The van der Waals surface area contributed by atoms with Gasteiger partial charge < -0.3 is 5.11 Å². The van der Waals surface area contributed by atoms with Gasteiger partial charge in [-0.1, -0.05) is 13.8 Å². The third-order valence-corrected chi connectivity index (χ3v) is 4.70. The molecule has 1 N–H and O–H groups in total. The second kappa shape index (κ2) is 6.56. The van der Waals surface area contributed by atoms with Crippen LogP contribution in [0.2, 0.25) is 0 Å². The summed E-state index contributed by atoms with van der Waals surface area (Å²) in [6.45, 7) is 4.66. The van der Waals surface area contributed by atoms with Gasteiger partial charge in [0.2, 0.25) is 11.8 Å². The molecule has 2 fully saturated rings. The molecule has 0 bridgehead atoms. The first-order chi connectivity index (χ1) is 9.99.